The van der Waals surface area contributed by atoms with Crippen molar-refractivity contribution in [2.24, 2.45) is 0 Å². The normalized spacial score (nSPS) is 11.8. The summed E-state index contributed by atoms with van der Waals surface area (Å²) < 4.78 is 32.9. The van der Waals surface area contributed by atoms with Crippen LogP contribution in [0.2, 0.25) is 0 Å². The molecule has 0 aliphatic heterocycles. The highest BCUT2D eigenvalue weighted by molar-refractivity contribution is 7.89. The summed E-state index contributed by atoms with van der Waals surface area (Å²) in [4.78, 5) is 12.4. The van der Waals surface area contributed by atoms with Crippen molar-refractivity contribution in [1.82, 2.24) is 4.31 Å². The maximum atomic E-state index is 13.0. The highest BCUT2D eigenvalue weighted by Gasteiger charge is 2.26. The molecule has 0 aliphatic carbocycles. The van der Waals surface area contributed by atoms with E-state index in [2.05, 4.69) is 5.32 Å². The number of ether oxygens (including phenoxy) is 1. The lowest BCUT2D eigenvalue weighted by Gasteiger charge is -2.21. The predicted octanol–water partition coefficient (Wildman–Crippen LogP) is 4.08. The Labute approximate surface area is 173 Å². The summed E-state index contributed by atoms with van der Waals surface area (Å²) in [6.45, 7) is 8.35. The van der Waals surface area contributed by atoms with E-state index in [0.29, 0.717) is 25.4 Å². The average Bonchev–Trinajstić information content (AvgIpc) is 2.69. The second-order valence-corrected chi connectivity index (χ2v) is 8.27. The molecule has 0 atom stereocenters. The fourth-order valence-corrected chi connectivity index (χ4v) is 4.50. The van der Waals surface area contributed by atoms with Crippen LogP contribution in [-0.2, 0) is 14.8 Å². The number of rotatable bonds is 9. The van der Waals surface area contributed by atoms with E-state index < -0.39 is 10.0 Å². The SMILES string of the molecule is CCOc1ccc(NC(=O)/C=C/c2ccccc2C)cc1S(=O)(=O)N(CC)CC. The predicted molar refractivity (Wildman–Crippen MR) is 117 cm³/mol. The lowest BCUT2D eigenvalue weighted by molar-refractivity contribution is -0.111. The summed E-state index contributed by atoms with van der Waals surface area (Å²) in [6, 6.07) is 12.4. The van der Waals surface area contributed by atoms with Crippen molar-refractivity contribution in [3.05, 3.63) is 59.7 Å². The van der Waals surface area contributed by atoms with Crippen molar-refractivity contribution < 1.29 is 17.9 Å². The van der Waals surface area contributed by atoms with E-state index in [1.165, 1.54) is 16.4 Å². The standard InChI is InChI=1S/C22H28N2O4S/c1-5-24(6-2)29(26,27)21-16-19(13-14-20(21)28-7-3)23-22(25)15-12-18-11-9-8-10-17(18)4/h8-16H,5-7H2,1-4H3,(H,23,25)/b15-12+. The van der Waals surface area contributed by atoms with Gasteiger partial charge in [-0.15, -0.1) is 0 Å². The minimum atomic E-state index is -3.73. The molecule has 1 N–H and O–H groups in total. The van der Waals surface area contributed by atoms with E-state index in [4.69, 9.17) is 4.74 Å². The number of anilines is 1. The second kappa shape index (κ2) is 10.2. The summed E-state index contributed by atoms with van der Waals surface area (Å²) >= 11 is 0. The number of nitrogens with one attached hydrogen (secondary N) is 1. The van der Waals surface area contributed by atoms with Crippen LogP contribution in [0.25, 0.3) is 6.08 Å². The second-order valence-electron chi connectivity index (χ2n) is 6.36. The monoisotopic (exact) mass is 416 g/mol. The fourth-order valence-electron chi connectivity index (χ4n) is 2.89. The third-order valence-electron chi connectivity index (χ3n) is 4.44. The summed E-state index contributed by atoms with van der Waals surface area (Å²) in [5.41, 5.74) is 2.39. The molecule has 7 heteroatoms. The Balaban J connectivity index is 2.30. The molecule has 1 amide bonds. The zero-order valence-corrected chi connectivity index (χ0v) is 18.1. The Bertz CT molecular complexity index is 980. The molecule has 0 aromatic heterocycles. The fraction of sp³-hybridized carbons (Fsp3) is 0.318. The third kappa shape index (κ3) is 5.68. The largest absolute Gasteiger partial charge is 0.492 e. The summed E-state index contributed by atoms with van der Waals surface area (Å²) in [6.07, 6.45) is 3.16. The van der Waals surface area contributed by atoms with Gasteiger partial charge in [-0.3, -0.25) is 4.79 Å². The molecule has 0 heterocycles. The van der Waals surface area contributed by atoms with E-state index in [9.17, 15) is 13.2 Å². The number of hydrogen-bond acceptors (Lipinski definition) is 4. The Morgan fingerprint density at radius 2 is 1.79 bits per heavy atom. The topological polar surface area (TPSA) is 75.7 Å². The summed E-state index contributed by atoms with van der Waals surface area (Å²) in [5, 5.41) is 2.72. The van der Waals surface area contributed by atoms with Crippen molar-refractivity contribution in [3.63, 3.8) is 0 Å². The molecule has 0 radical (unpaired) electrons. The first-order valence-corrected chi connectivity index (χ1v) is 11.1. The molecule has 0 spiro atoms. The Kier molecular flexibility index (Phi) is 7.99. The van der Waals surface area contributed by atoms with Crippen LogP contribution in [0.15, 0.2) is 53.4 Å². The molecule has 0 saturated heterocycles. The van der Waals surface area contributed by atoms with Crippen molar-refractivity contribution in [2.45, 2.75) is 32.6 Å². The van der Waals surface area contributed by atoms with Crippen molar-refractivity contribution >= 4 is 27.7 Å². The Hall–Kier alpha value is -2.64. The average molecular weight is 417 g/mol. The molecule has 2 rings (SSSR count). The molecular formula is C22H28N2O4S. The quantitative estimate of drug-likeness (QED) is 0.625. The van der Waals surface area contributed by atoms with Crippen LogP contribution in [0.4, 0.5) is 5.69 Å². The highest BCUT2D eigenvalue weighted by atomic mass is 32.2. The van der Waals surface area contributed by atoms with Gasteiger partial charge in [0.05, 0.1) is 6.61 Å². The first-order chi connectivity index (χ1) is 13.8. The van der Waals surface area contributed by atoms with Gasteiger partial charge in [0.1, 0.15) is 10.6 Å². The molecule has 29 heavy (non-hydrogen) atoms. The molecule has 0 saturated carbocycles. The van der Waals surface area contributed by atoms with Crippen LogP contribution in [0.5, 0.6) is 5.75 Å². The van der Waals surface area contributed by atoms with Crippen LogP contribution < -0.4 is 10.1 Å². The zero-order valence-electron chi connectivity index (χ0n) is 17.3. The van der Waals surface area contributed by atoms with Gasteiger partial charge in [0, 0.05) is 24.9 Å². The lowest BCUT2D eigenvalue weighted by atomic mass is 10.1. The summed E-state index contributed by atoms with van der Waals surface area (Å²) in [5.74, 6) is -0.0727. The highest BCUT2D eigenvalue weighted by Crippen LogP contribution is 2.30. The van der Waals surface area contributed by atoms with Crippen molar-refractivity contribution in [1.29, 1.82) is 0 Å². The van der Waals surface area contributed by atoms with Gasteiger partial charge in [-0.05, 0) is 49.2 Å². The maximum Gasteiger partial charge on any atom is 0.248 e. The van der Waals surface area contributed by atoms with Crippen LogP contribution in [0, 0.1) is 6.92 Å². The summed E-state index contributed by atoms with van der Waals surface area (Å²) in [7, 11) is -3.73. The van der Waals surface area contributed by atoms with Gasteiger partial charge < -0.3 is 10.1 Å². The molecule has 0 aliphatic rings. The minimum Gasteiger partial charge on any atom is -0.492 e. The van der Waals surface area contributed by atoms with E-state index in [1.807, 2.05) is 31.2 Å². The number of nitrogens with zero attached hydrogens (tertiary/aromatic N) is 1. The van der Waals surface area contributed by atoms with E-state index in [-0.39, 0.29) is 16.6 Å². The first-order valence-electron chi connectivity index (χ1n) is 9.65. The van der Waals surface area contributed by atoms with Crippen LogP contribution in [-0.4, -0.2) is 38.3 Å². The number of amides is 1. The lowest BCUT2D eigenvalue weighted by Crippen LogP contribution is -2.31. The number of carbonyl (C=O) groups excluding carboxylic acids is 1. The number of aryl methyl sites for hydroxylation is 1. The van der Waals surface area contributed by atoms with Gasteiger partial charge in [-0.25, -0.2) is 8.42 Å². The van der Waals surface area contributed by atoms with Gasteiger partial charge in [-0.1, -0.05) is 38.1 Å². The third-order valence-corrected chi connectivity index (χ3v) is 6.51. The molecule has 0 unspecified atom stereocenters. The number of carbonyl (C=O) groups is 1. The van der Waals surface area contributed by atoms with Gasteiger partial charge in [-0.2, -0.15) is 4.31 Å². The van der Waals surface area contributed by atoms with E-state index in [0.717, 1.165) is 11.1 Å². The number of sulfonamides is 1. The van der Waals surface area contributed by atoms with Crippen LogP contribution >= 0.6 is 0 Å². The minimum absolute atomic E-state index is 0.0451. The Morgan fingerprint density at radius 1 is 1.10 bits per heavy atom. The van der Waals surface area contributed by atoms with Gasteiger partial charge in [0.2, 0.25) is 15.9 Å². The number of hydrogen-bond donors (Lipinski definition) is 1. The molecule has 2 aromatic rings. The van der Waals surface area contributed by atoms with E-state index >= 15 is 0 Å². The zero-order chi connectivity index (χ0) is 21.4. The molecular weight excluding hydrogens is 388 g/mol. The number of benzene rings is 2. The van der Waals surface area contributed by atoms with Crippen molar-refractivity contribution in [2.75, 3.05) is 25.0 Å². The molecule has 6 nitrogen and oxygen atoms in total. The smallest absolute Gasteiger partial charge is 0.248 e. The van der Waals surface area contributed by atoms with Gasteiger partial charge >= 0.3 is 0 Å². The van der Waals surface area contributed by atoms with Gasteiger partial charge in [0.15, 0.2) is 0 Å². The molecule has 156 valence electrons. The first kappa shape index (κ1) is 22.6. The van der Waals surface area contributed by atoms with Crippen molar-refractivity contribution in [3.8, 4) is 5.75 Å². The van der Waals surface area contributed by atoms with Crippen LogP contribution in [0.1, 0.15) is 31.9 Å². The van der Waals surface area contributed by atoms with E-state index in [1.54, 1.807) is 39.0 Å². The molecule has 2 aromatic carbocycles. The maximum absolute atomic E-state index is 13.0. The molecule has 0 fully saturated rings. The molecule has 0 bridgehead atoms. The van der Waals surface area contributed by atoms with Crippen LogP contribution in [0.3, 0.4) is 0 Å². The Morgan fingerprint density at radius 3 is 2.41 bits per heavy atom. The van der Waals surface area contributed by atoms with Gasteiger partial charge in [0.25, 0.3) is 0 Å².